The lowest BCUT2D eigenvalue weighted by molar-refractivity contribution is -0.117. The number of rotatable bonds is 6. The molecule has 8 heteroatoms. The van der Waals surface area contributed by atoms with Gasteiger partial charge >= 0.3 is 0 Å². The fourth-order valence-electron chi connectivity index (χ4n) is 1.62. The summed E-state index contributed by atoms with van der Waals surface area (Å²) in [7, 11) is 0. The predicted octanol–water partition coefficient (Wildman–Crippen LogP) is 1.21. The van der Waals surface area contributed by atoms with E-state index in [4.69, 9.17) is 23.2 Å². The maximum absolute atomic E-state index is 11.2. The Morgan fingerprint density at radius 3 is 1.15 bits per heavy atom. The number of Topliss-reactive ketones (excluding diaryl/α,β-unsaturated/α-hetero) is 2. The molecule has 0 aliphatic carbocycles. The van der Waals surface area contributed by atoms with Crippen molar-refractivity contribution in [3.05, 3.63) is 11.1 Å². The molecule has 0 saturated heterocycles. The molecule has 20 heavy (non-hydrogen) atoms. The van der Waals surface area contributed by atoms with Crippen LogP contribution in [0.5, 0.6) is 23.0 Å². The highest BCUT2D eigenvalue weighted by molar-refractivity contribution is 6.28. The van der Waals surface area contributed by atoms with E-state index in [1.54, 1.807) is 0 Å². The molecular formula is C12H12Cl2O6. The molecule has 4 N–H and O–H groups in total. The van der Waals surface area contributed by atoms with Crippen LogP contribution in [0, 0.1) is 0 Å². The highest BCUT2D eigenvalue weighted by Gasteiger charge is 2.25. The fraction of sp³-hybridized carbons (Fsp3) is 0.333. The number of phenols is 4. The lowest BCUT2D eigenvalue weighted by Crippen LogP contribution is -2.07. The number of aromatic hydroxyl groups is 4. The first-order valence-corrected chi connectivity index (χ1v) is 6.53. The van der Waals surface area contributed by atoms with Gasteiger partial charge in [0.25, 0.3) is 0 Å². The second-order valence-corrected chi connectivity index (χ2v) is 4.58. The van der Waals surface area contributed by atoms with Crippen LogP contribution in [0.15, 0.2) is 0 Å². The van der Waals surface area contributed by atoms with E-state index in [2.05, 4.69) is 0 Å². The summed E-state index contributed by atoms with van der Waals surface area (Å²) in [6.07, 6.45) is -0.933. The van der Waals surface area contributed by atoms with E-state index in [1.807, 2.05) is 0 Å². The minimum absolute atomic E-state index is 0.354. The minimum Gasteiger partial charge on any atom is -0.504 e. The third-order valence-corrected chi connectivity index (χ3v) is 3.23. The molecule has 1 rings (SSSR count). The molecular weight excluding hydrogens is 311 g/mol. The van der Waals surface area contributed by atoms with Gasteiger partial charge in [-0.1, -0.05) is 0 Å². The highest BCUT2D eigenvalue weighted by atomic mass is 35.5. The van der Waals surface area contributed by atoms with Gasteiger partial charge in [-0.2, -0.15) is 0 Å². The molecule has 0 radical (unpaired) electrons. The van der Waals surface area contributed by atoms with E-state index >= 15 is 0 Å². The van der Waals surface area contributed by atoms with Gasteiger partial charge in [0, 0.05) is 12.8 Å². The van der Waals surface area contributed by atoms with E-state index in [-0.39, 0.29) is 22.9 Å². The smallest absolute Gasteiger partial charge is 0.165 e. The van der Waals surface area contributed by atoms with Crippen LogP contribution in [0.1, 0.15) is 11.1 Å². The molecule has 110 valence electrons. The molecule has 0 saturated carbocycles. The second kappa shape index (κ2) is 6.67. The Hall–Kier alpha value is -1.66. The lowest BCUT2D eigenvalue weighted by Gasteiger charge is -2.14. The van der Waals surface area contributed by atoms with Crippen molar-refractivity contribution in [1.82, 2.24) is 0 Å². The molecule has 0 heterocycles. The molecule has 1 aromatic rings. The topological polar surface area (TPSA) is 115 Å². The van der Waals surface area contributed by atoms with E-state index in [1.165, 1.54) is 0 Å². The number of hydrogen-bond acceptors (Lipinski definition) is 6. The van der Waals surface area contributed by atoms with Gasteiger partial charge in [0.05, 0.1) is 22.9 Å². The van der Waals surface area contributed by atoms with Gasteiger partial charge in [-0.25, -0.2) is 0 Å². The summed E-state index contributed by atoms with van der Waals surface area (Å²) in [4.78, 5) is 22.5. The van der Waals surface area contributed by atoms with Crippen molar-refractivity contribution in [3.8, 4) is 23.0 Å². The number of halogens is 2. The second-order valence-electron chi connectivity index (χ2n) is 4.05. The number of hydrogen-bond donors (Lipinski definition) is 4. The Balaban J connectivity index is 3.33. The Morgan fingerprint density at radius 1 is 0.700 bits per heavy atom. The van der Waals surface area contributed by atoms with Crippen LogP contribution in [-0.4, -0.2) is 43.8 Å². The maximum Gasteiger partial charge on any atom is 0.165 e. The SMILES string of the molecule is O=C(CCl)Cc1c(O)c(O)c(CC(=O)CCl)c(O)c1O. The van der Waals surface area contributed by atoms with Gasteiger partial charge in [-0.05, 0) is 0 Å². The van der Waals surface area contributed by atoms with Gasteiger partial charge in [0.1, 0.15) is 0 Å². The van der Waals surface area contributed by atoms with Crippen LogP contribution in [0.25, 0.3) is 0 Å². The molecule has 0 amide bonds. The third kappa shape index (κ3) is 3.26. The molecule has 1 aromatic carbocycles. The molecule has 0 atom stereocenters. The van der Waals surface area contributed by atoms with Crippen molar-refractivity contribution in [1.29, 1.82) is 0 Å². The molecule has 0 bridgehead atoms. The van der Waals surface area contributed by atoms with Gasteiger partial charge in [0.2, 0.25) is 0 Å². The summed E-state index contributed by atoms with van der Waals surface area (Å²) < 4.78 is 0. The minimum atomic E-state index is -0.781. The molecule has 0 aromatic heterocycles. The average Bonchev–Trinajstić information content (AvgIpc) is 2.45. The predicted molar refractivity (Wildman–Crippen MR) is 72.0 cm³/mol. The van der Waals surface area contributed by atoms with Crippen molar-refractivity contribution >= 4 is 34.8 Å². The zero-order chi connectivity index (χ0) is 15.4. The average molecular weight is 323 g/mol. The molecule has 0 unspecified atom stereocenters. The van der Waals surface area contributed by atoms with Crippen molar-refractivity contribution in [2.45, 2.75) is 12.8 Å². The number of phenolic OH excluding ortho intramolecular Hbond substituents is 4. The maximum atomic E-state index is 11.2. The summed E-state index contributed by atoms with van der Waals surface area (Å²) in [5.41, 5.74) is -0.708. The summed E-state index contributed by atoms with van der Waals surface area (Å²) in [5, 5.41) is 39.0. The Kier molecular flexibility index (Phi) is 5.47. The summed E-state index contributed by atoms with van der Waals surface area (Å²) in [5.74, 6) is -4.89. The molecule has 0 spiro atoms. The number of carbonyl (C=O) groups is 2. The van der Waals surface area contributed by atoms with Crippen molar-refractivity contribution < 1.29 is 30.0 Å². The van der Waals surface area contributed by atoms with E-state index in [9.17, 15) is 30.0 Å². The first-order chi connectivity index (χ1) is 9.33. The third-order valence-electron chi connectivity index (χ3n) is 2.64. The normalized spacial score (nSPS) is 10.5. The van der Waals surface area contributed by atoms with Crippen LogP contribution in [0.4, 0.5) is 0 Å². The number of alkyl halides is 2. The van der Waals surface area contributed by atoms with Crippen LogP contribution < -0.4 is 0 Å². The first-order valence-electron chi connectivity index (χ1n) is 5.46. The van der Waals surface area contributed by atoms with E-state index < -0.39 is 47.4 Å². The van der Waals surface area contributed by atoms with Gasteiger partial charge in [-0.15, -0.1) is 23.2 Å². The standard InChI is InChI=1S/C12H12Cl2O6/c13-3-5(15)1-7-9(17)11(19)8(2-6(16)4-14)12(20)10(7)18/h17-20H,1-4H2. The zero-order valence-corrected chi connectivity index (χ0v) is 11.7. The molecule has 6 nitrogen and oxygen atoms in total. The molecule has 0 aliphatic heterocycles. The first kappa shape index (κ1) is 16.4. The van der Waals surface area contributed by atoms with Crippen molar-refractivity contribution in [2.24, 2.45) is 0 Å². The van der Waals surface area contributed by atoms with Gasteiger partial charge in [-0.3, -0.25) is 9.59 Å². The summed E-state index contributed by atoms with van der Waals surface area (Å²) >= 11 is 10.6. The molecule has 0 aliphatic rings. The van der Waals surface area contributed by atoms with Gasteiger partial charge < -0.3 is 20.4 Å². The van der Waals surface area contributed by atoms with Crippen LogP contribution >= 0.6 is 23.2 Å². The summed E-state index contributed by atoms with van der Waals surface area (Å²) in [6.45, 7) is 0. The van der Waals surface area contributed by atoms with E-state index in [0.717, 1.165) is 0 Å². The van der Waals surface area contributed by atoms with Gasteiger partial charge in [0.15, 0.2) is 34.6 Å². The Morgan fingerprint density at radius 2 is 0.950 bits per heavy atom. The highest BCUT2D eigenvalue weighted by Crippen LogP contribution is 2.46. The molecule has 0 fully saturated rings. The number of benzene rings is 1. The Labute approximate surface area is 124 Å². The lowest BCUT2D eigenvalue weighted by atomic mass is 9.99. The van der Waals surface area contributed by atoms with Crippen molar-refractivity contribution in [2.75, 3.05) is 11.8 Å². The largest absolute Gasteiger partial charge is 0.504 e. The number of carbonyl (C=O) groups excluding carboxylic acids is 2. The Bertz CT molecular complexity index is 477. The zero-order valence-electron chi connectivity index (χ0n) is 10.2. The summed E-state index contributed by atoms with van der Waals surface area (Å²) in [6, 6.07) is 0. The number of ketones is 2. The van der Waals surface area contributed by atoms with Crippen LogP contribution in [-0.2, 0) is 22.4 Å². The van der Waals surface area contributed by atoms with Crippen LogP contribution in [0.2, 0.25) is 0 Å². The van der Waals surface area contributed by atoms with Crippen molar-refractivity contribution in [3.63, 3.8) is 0 Å². The van der Waals surface area contributed by atoms with E-state index in [0.29, 0.717) is 0 Å². The monoisotopic (exact) mass is 322 g/mol. The quantitative estimate of drug-likeness (QED) is 0.355. The van der Waals surface area contributed by atoms with Crippen LogP contribution in [0.3, 0.4) is 0 Å². The fourth-order valence-corrected chi connectivity index (χ4v) is 1.81.